The third-order valence-electron chi connectivity index (χ3n) is 5.93. The Kier molecular flexibility index (Phi) is 5.27. The second-order valence-electron chi connectivity index (χ2n) is 8.43. The number of benzene rings is 1. The van der Waals surface area contributed by atoms with Crippen LogP contribution in [0.1, 0.15) is 31.7 Å². The lowest BCUT2D eigenvalue weighted by Gasteiger charge is -2.22. The summed E-state index contributed by atoms with van der Waals surface area (Å²) >= 11 is 0. The molecule has 0 bridgehead atoms. The highest BCUT2D eigenvalue weighted by atomic mass is 16.5. The summed E-state index contributed by atoms with van der Waals surface area (Å²) in [6, 6.07) is 4.14. The molecule has 1 unspecified atom stereocenters. The fourth-order valence-electron chi connectivity index (χ4n) is 4.20. The second-order valence-corrected chi connectivity index (χ2v) is 8.43. The molecule has 0 aliphatic carbocycles. The van der Waals surface area contributed by atoms with Crippen molar-refractivity contribution < 1.29 is 9.15 Å². The van der Waals surface area contributed by atoms with Gasteiger partial charge in [-0.25, -0.2) is 9.78 Å². The first-order valence-corrected chi connectivity index (χ1v) is 10.3. The molecule has 4 rings (SSSR count). The van der Waals surface area contributed by atoms with Gasteiger partial charge in [-0.2, -0.15) is 5.10 Å². The zero-order chi connectivity index (χ0) is 21.6. The number of aryl methyl sites for hydroxylation is 1. The molecule has 30 heavy (non-hydrogen) atoms. The highest BCUT2D eigenvalue weighted by Gasteiger charge is 2.29. The fourth-order valence-corrected chi connectivity index (χ4v) is 4.20. The monoisotopic (exact) mass is 411 g/mol. The quantitative estimate of drug-likeness (QED) is 0.639. The Morgan fingerprint density at radius 3 is 2.70 bits per heavy atom. The van der Waals surface area contributed by atoms with Crippen LogP contribution >= 0.6 is 0 Å². The molecular weight excluding hydrogens is 382 g/mol. The minimum Gasteiger partial charge on any atom is -0.497 e. The molecule has 0 N–H and O–H groups in total. The van der Waals surface area contributed by atoms with Crippen molar-refractivity contribution in [2.24, 2.45) is 7.05 Å². The SMILES string of the molecule is COc1cc(C(C)C)c2c(=O)oc(-c3cnn(C)c3N3CCC(N(C)C)C3)nc2c1. The molecule has 2 aromatic heterocycles. The Bertz CT molecular complexity index is 1130. The van der Waals surface area contributed by atoms with Crippen molar-refractivity contribution in [2.45, 2.75) is 32.2 Å². The predicted octanol–water partition coefficient (Wildman–Crippen LogP) is 2.86. The maximum Gasteiger partial charge on any atom is 0.347 e. The summed E-state index contributed by atoms with van der Waals surface area (Å²) in [6.45, 7) is 5.88. The van der Waals surface area contributed by atoms with E-state index in [4.69, 9.17) is 14.1 Å². The highest BCUT2D eigenvalue weighted by molar-refractivity contribution is 5.85. The number of anilines is 1. The third-order valence-corrected chi connectivity index (χ3v) is 5.93. The molecule has 3 heterocycles. The molecule has 1 atom stereocenters. The third kappa shape index (κ3) is 3.45. The second kappa shape index (κ2) is 7.75. The summed E-state index contributed by atoms with van der Waals surface area (Å²) in [6.07, 6.45) is 2.79. The van der Waals surface area contributed by atoms with Crippen LogP contribution in [0.5, 0.6) is 5.75 Å². The topological polar surface area (TPSA) is 76.6 Å². The Labute approximate surface area is 176 Å². The average Bonchev–Trinajstić information content (AvgIpc) is 3.33. The largest absolute Gasteiger partial charge is 0.497 e. The molecule has 1 saturated heterocycles. The number of methoxy groups -OCH3 is 1. The maximum atomic E-state index is 13.0. The van der Waals surface area contributed by atoms with E-state index >= 15 is 0 Å². The summed E-state index contributed by atoms with van der Waals surface area (Å²) in [7, 11) is 7.72. The molecule has 3 aromatic rings. The van der Waals surface area contributed by atoms with Crippen molar-refractivity contribution in [1.82, 2.24) is 19.7 Å². The standard InChI is InChI=1S/C22H29N5O3/c1-13(2)16-9-15(29-6)10-18-19(16)22(28)30-20(24-18)17-11-23-26(5)21(17)27-8-7-14(12-27)25(3)4/h9-11,13-14H,7-8,12H2,1-6H3. The van der Waals surface area contributed by atoms with Crippen molar-refractivity contribution in [3.63, 3.8) is 0 Å². The van der Waals surface area contributed by atoms with Gasteiger partial charge in [0.15, 0.2) is 0 Å². The van der Waals surface area contributed by atoms with Crippen molar-refractivity contribution in [3.8, 4) is 17.2 Å². The Balaban J connectivity index is 1.85. The van der Waals surface area contributed by atoms with E-state index in [1.54, 1.807) is 19.4 Å². The maximum absolute atomic E-state index is 13.0. The number of hydrogen-bond acceptors (Lipinski definition) is 7. The van der Waals surface area contributed by atoms with E-state index in [-0.39, 0.29) is 17.4 Å². The van der Waals surface area contributed by atoms with E-state index in [2.05, 4.69) is 29.0 Å². The summed E-state index contributed by atoms with van der Waals surface area (Å²) < 4.78 is 13.0. The highest BCUT2D eigenvalue weighted by Crippen LogP contribution is 2.34. The van der Waals surface area contributed by atoms with E-state index in [1.807, 2.05) is 31.6 Å². The summed E-state index contributed by atoms with van der Waals surface area (Å²) in [5.41, 5.74) is 1.79. The molecule has 1 aliphatic heterocycles. The number of fused-ring (bicyclic) bond motifs is 1. The van der Waals surface area contributed by atoms with Crippen LogP contribution in [0, 0.1) is 0 Å². The van der Waals surface area contributed by atoms with Crippen LogP contribution in [0.25, 0.3) is 22.4 Å². The molecule has 0 saturated carbocycles. The normalized spacial score (nSPS) is 16.9. The zero-order valence-corrected chi connectivity index (χ0v) is 18.5. The van der Waals surface area contributed by atoms with E-state index in [0.717, 1.165) is 36.5 Å². The lowest BCUT2D eigenvalue weighted by molar-refractivity contribution is 0.315. The number of hydrogen-bond donors (Lipinski definition) is 0. The first-order valence-electron chi connectivity index (χ1n) is 10.3. The van der Waals surface area contributed by atoms with E-state index in [1.165, 1.54) is 0 Å². The van der Waals surface area contributed by atoms with Gasteiger partial charge in [-0.05, 0) is 38.1 Å². The first kappa shape index (κ1) is 20.4. The zero-order valence-electron chi connectivity index (χ0n) is 18.5. The smallest absolute Gasteiger partial charge is 0.347 e. The molecule has 1 fully saturated rings. The van der Waals surface area contributed by atoms with Gasteiger partial charge in [0, 0.05) is 32.2 Å². The lowest BCUT2D eigenvalue weighted by atomic mass is 9.98. The van der Waals surface area contributed by atoms with E-state index in [0.29, 0.717) is 22.7 Å². The average molecular weight is 412 g/mol. The van der Waals surface area contributed by atoms with Crippen molar-refractivity contribution >= 4 is 16.7 Å². The number of rotatable bonds is 5. The molecule has 0 amide bonds. The van der Waals surface area contributed by atoms with Crippen molar-refractivity contribution in [3.05, 3.63) is 34.3 Å². The number of nitrogens with zero attached hydrogens (tertiary/aromatic N) is 5. The van der Waals surface area contributed by atoms with Gasteiger partial charge in [0.25, 0.3) is 0 Å². The first-order chi connectivity index (χ1) is 14.3. The van der Waals surface area contributed by atoms with Crippen LogP contribution in [-0.2, 0) is 7.05 Å². The van der Waals surface area contributed by atoms with Crippen LogP contribution in [0.3, 0.4) is 0 Å². The molecule has 1 aliphatic rings. The van der Waals surface area contributed by atoms with Gasteiger partial charge < -0.3 is 19.0 Å². The number of likely N-dealkylation sites (N-methyl/N-ethyl adjacent to an activating group) is 1. The molecule has 0 spiro atoms. The molecule has 8 heteroatoms. The van der Waals surface area contributed by atoms with Gasteiger partial charge in [-0.1, -0.05) is 13.8 Å². The van der Waals surface area contributed by atoms with Gasteiger partial charge in [-0.3, -0.25) is 4.68 Å². The molecule has 160 valence electrons. The predicted molar refractivity (Wildman–Crippen MR) is 117 cm³/mol. The van der Waals surface area contributed by atoms with Gasteiger partial charge in [0.1, 0.15) is 11.6 Å². The van der Waals surface area contributed by atoms with Gasteiger partial charge in [0.05, 0.1) is 29.8 Å². The lowest BCUT2D eigenvalue weighted by Crippen LogP contribution is -2.32. The minimum absolute atomic E-state index is 0.139. The summed E-state index contributed by atoms with van der Waals surface area (Å²) in [4.78, 5) is 22.2. The molecule has 8 nitrogen and oxygen atoms in total. The van der Waals surface area contributed by atoms with Crippen LogP contribution in [-0.4, -0.2) is 60.0 Å². The van der Waals surface area contributed by atoms with Crippen molar-refractivity contribution in [2.75, 3.05) is 39.2 Å². The van der Waals surface area contributed by atoms with Crippen LogP contribution < -0.4 is 15.3 Å². The van der Waals surface area contributed by atoms with E-state index < -0.39 is 0 Å². The number of ether oxygens (including phenoxy) is 1. The Morgan fingerprint density at radius 2 is 2.07 bits per heavy atom. The van der Waals surface area contributed by atoms with Gasteiger partial charge in [0.2, 0.25) is 5.89 Å². The van der Waals surface area contributed by atoms with E-state index in [9.17, 15) is 4.79 Å². The molecule has 0 radical (unpaired) electrons. The Morgan fingerprint density at radius 1 is 1.30 bits per heavy atom. The Hall–Kier alpha value is -2.87. The van der Waals surface area contributed by atoms with Crippen molar-refractivity contribution in [1.29, 1.82) is 0 Å². The van der Waals surface area contributed by atoms with Gasteiger partial charge >= 0.3 is 5.63 Å². The van der Waals surface area contributed by atoms with Crippen LogP contribution in [0.4, 0.5) is 5.82 Å². The van der Waals surface area contributed by atoms with Gasteiger partial charge in [-0.15, -0.1) is 0 Å². The minimum atomic E-state index is -0.385. The molecular formula is C22H29N5O3. The summed E-state index contributed by atoms with van der Waals surface area (Å²) in [5, 5.41) is 4.94. The molecule has 1 aromatic carbocycles. The summed E-state index contributed by atoms with van der Waals surface area (Å²) in [5.74, 6) is 2.02. The van der Waals surface area contributed by atoms with Crippen LogP contribution in [0.15, 0.2) is 27.5 Å². The van der Waals surface area contributed by atoms with Crippen LogP contribution in [0.2, 0.25) is 0 Å². The fraction of sp³-hybridized carbons (Fsp3) is 0.500. The number of aromatic nitrogens is 3.